The minimum atomic E-state index is -0.0618. The van der Waals surface area contributed by atoms with Crippen molar-refractivity contribution in [3.63, 3.8) is 0 Å². The molecule has 6 rings (SSSR count). The van der Waals surface area contributed by atoms with Crippen molar-refractivity contribution in [2.75, 3.05) is 19.6 Å². The van der Waals surface area contributed by atoms with Crippen molar-refractivity contribution < 1.29 is 4.84 Å². The Morgan fingerprint density at radius 3 is 2.92 bits per heavy atom. The summed E-state index contributed by atoms with van der Waals surface area (Å²) in [6.07, 6.45) is 5.20. The highest BCUT2D eigenvalue weighted by molar-refractivity contribution is 5.88. The van der Waals surface area contributed by atoms with Crippen molar-refractivity contribution in [3.05, 3.63) is 36.5 Å². The molecule has 2 aromatic rings. The van der Waals surface area contributed by atoms with Gasteiger partial charge in [-0.1, -0.05) is 6.07 Å². The summed E-state index contributed by atoms with van der Waals surface area (Å²) in [5.41, 5.74) is 5.00. The summed E-state index contributed by atoms with van der Waals surface area (Å²) in [5, 5.41) is 1.12. The Bertz CT molecular complexity index is 787. The molecule has 126 valence electrons. The molecule has 0 saturated carbocycles. The summed E-state index contributed by atoms with van der Waals surface area (Å²) in [6, 6.07) is 10.1. The van der Waals surface area contributed by atoms with Gasteiger partial charge in [-0.05, 0) is 56.1 Å². The first-order chi connectivity index (χ1) is 11.3. The zero-order valence-electron chi connectivity index (χ0n) is 13.4. The Kier molecular flexibility index (Phi) is 3.95. The number of benzene rings is 1. The van der Waals surface area contributed by atoms with Crippen LogP contribution in [0.3, 0.4) is 0 Å². The van der Waals surface area contributed by atoms with Crippen molar-refractivity contribution in [1.82, 2.24) is 15.4 Å². The number of amidine groups is 1. The van der Waals surface area contributed by atoms with Gasteiger partial charge in [0.15, 0.2) is 0 Å². The van der Waals surface area contributed by atoms with E-state index in [-0.39, 0.29) is 18.0 Å². The van der Waals surface area contributed by atoms with Gasteiger partial charge < -0.3 is 4.90 Å². The van der Waals surface area contributed by atoms with E-state index >= 15 is 0 Å². The lowest BCUT2D eigenvalue weighted by molar-refractivity contribution is -0.150. The lowest BCUT2D eigenvalue weighted by atomic mass is 9.74. The molecule has 5 heterocycles. The van der Waals surface area contributed by atoms with Gasteiger partial charge in [0.1, 0.15) is 11.4 Å². The van der Waals surface area contributed by atoms with E-state index in [1.54, 1.807) is 0 Å². The maximum Gasteiger partial charge on any atom is 0.129 e. The van der Waals surface area contributed by atoms with Crippen LogP contribution >= 0.6 is 12.4 Å². The van der Waals surface area contributed by atoms with Crippen LogP contribution in [0, 0.1) is 5.92 Å². The normalized spacial score (nSPS) is 32.9. The minimum Gasteiger partial charge on any atom is -0.300 e. The average molecular weight is 345 g/mol. The van der Waals surface area contributed by atoms with Gasteiger partial charge in [-0.3, -0.25) is 15.3 Å². The maximum atomic E-state index is 6.05. The number of pyridine rings is 1. The van der Waals surface area contributed by atoms with E-state index in [4.69, 9.17) is 9.83 Å². The molecule has 1 atom stereocenters. The van der Waals surface area contributed by atoms with Crippen molar-refractivity contribution >= 4 is 34.8 Å². The number of aromatic nitrogens is 1. The molecule has 4 aliphatic rings. The molecule has 6 heteroatoms. The Labute approximate surface area is 147 Å². The van der Waals surface area contributed by atoms with Crippen LogP contribution in [0.4, 0.5) is 5.69 Å². The Morgan fingerprint density at radius 1 is 1.25 bits per heavy atom. The largest absolute Gasteiger partial charge is 0.300 e. The second kappa shape index (κ2) is 5.99. The second-order valence-electron chi connectivity index (χ2n) is 6.94. The summed E-state index contributed by atoms with van der Waals surface area (Å²) in [4.78, 5) is 17.7. The van der Waals surface area contributed by atoms with E-state index in [0.717, 1.165) is 35.4 Å². The molecular weight excluding hydrogens is 324 g/mol. The van der Waals surface area contributed by atoms with E-state index in [9.17, 15) is 0 Å². The lowest BCUT2D eigenvalue weighted by Gasteiger charge is -2.49. The molecule has 24 heavy (non-hydrogen) atoms. The van der Waals surface area contributed by atoms with Gasteiger partial charge in [-0.25, -0.2) is 4.99 Å². The summed E-state index contributed by atoms with van der Waals surface area (Å²) >= 11 is 0. The first-order valence-electron chi connectivity index (χ1n) is 8.40. The number of hydrogen-bond acceptors (Lipinski definition) is 4. The molecule has 4 saturated heterocycles. The molecule has 4 fully saturated rings. The molecule has 1 aromatic carbocycles. The standard InChI is InChI=1S/C18H20N4O.ClH/c1-2-13-10-15(3-4-16(13)19-7-1)20-17-11-18(23-21-17)12-22-8-5-14(18)6-9-22;/h1-4,7,10,14H,5-6,8-9,11-12H2,(H,20,21);1H/t18-;/m0./s1. The van der Waals surface area contributed by atoms with Gasteiger partial charge >= 0.3 is 0 Å². The number of aliphatic imine (C=N–C) groups is 1. The molecule has 2 bridgehead atoms. The number of nitrogens with zero attached hydrogens (tertiary/aromatic N) is 3. The summed E-state index contributed by atoms with van der Waals surface area (Å²) < 4.78 is 0. The second-order valence-corrected chi connectivity index (χ2v) is 6.94. The highest BCUT2D eigenvalue weighted by Crippen LogP contribution is 2.42. The van der Waals surface area contributed by atoms with Crippen LogP contribution in [0.5, 0.6) is 0 Å². The third kappa shape index (κ3) is 2.57. The fourth-order valence-electron chi connectivity index (χ4n) is 4.31. The zero-order chi connectivity index (χ0) is 15.3. The van der Waals surface area contributed by atoms with Gasteiger partial charge in [-0.2, -0.15) is 0 Å². The van der Waals surface area contributed by atoms with Crippen LogP contribution in [-0.2, 0) is 4.84 Å². The SMILES string of the molecule is Cl.c1cnc2ccc(N=C3C[C@@]4(CN5CCC4CC5)ON3)cc2c1. The number of piperidine rings is 3. The van der Waals surface area contributed by atoms with E-state index in [1.165, 1.54) is 25.9 Å². The molecule has 0 radical (unpaired) electrons. The molecule has 0 aliphatic carbocycles. The van der Waals surface area contributed by atoms with Gasteiger partial charge in [0.05, 0.1) is 11.2 Å². The summed E-state index contributed by atoms with van der Waals surface area (Å²) in [7, 11) is 0. The molecule has 1 spiro atoms. The Hall–Kier alpha value is -1.69. The van der Waals surface area contributed by atoms with Crippen molar-refractivity contribution in [2.24, 2.45) is 10.9 Å². The van der Waals surface area contributed by atoms with Crippen molar-refractivity contribution in [2.45, 2.75) is 24.9 Å². The fourth-order valence-corrected chi connectivity index (χ4v) is 4.31. The minimum absolute atomic E-state index is 0. The first kappa shape index (κ1) is 15.8. The quantitative estimate of drug-likeness (QED) is 0.863. The molecule has 5 nitrogen and oxygen atoms in total. The monoisotopic (exact) mass is 344 g/mol. The average Bonchev–Trinajstić information content (AvgIpc) is 2.98. The molecular formula is C18H21ClN4O. The molecule has 0 amide bonds. The van der Waals surface area contributed by atoms with E-state index in [2.05, 4.69) is 27.5 Å². The van der Waals surface area contributed by atoms with Gasteiger partial charge in [0.2, 0.25) is 0 Å². The van der Waals surface area contributed by atoms with E-state index in [1.807, 2.05) is 24.4 Å². The van der Waals surface area contributed by atoms with Crippen LogP contribution in [0.1, 0.15) is 19.3 Å². The number of hydroxylamine groups is 1. The van der Waals surface area contributed by atoms with Gasteiger partial charge in [-0.15, -0.1) is 12.4 Å². The summed E-state index contributed by atoms with van der Waals surface area (Å²) in [6.45, 7) is 3.48. The number of halogens is 1. The molecule has 0 unspecified atom stereocenters. The Morgan fingerprint density at radius 2 is 2.12 bits per heavy atom. The van der Waals surface area contributed by atoms with Gasteiger partial charge in [0, 0.05) is 24.5 Å². The number of nitrogens with one attached hydrogen (secondary N) is 1. The van der Waals surface area contributed by atoms with E-state index in [0.29, 0.717) is 5.92 Å². The molecule has 1 aromatic heterocycles. The third-order valence-corrected chi connectivity index (χ3v) is 5.51. The highest BCUT2D eigenvalue weighted by atomic mass is 35.5. The van der Waals surface area contributed by atoms with Crippen LogP contribution in [0.2, 0.25) is 0 Å². The van der Waals surface area contributed by atoms with Crippen LogP contribution in [-0.4, -0.2) is 41.0 Å². The van der Waals surface area contributed by atoms with E-state index < -0.39 is 0 Å². The summed E-state index contributed by atoms with van der Waals surface area (Å²) in [5.74, 6) is 1.61. The first-order valence-corrected chi connectivity index (χ1v) is 8.40. The maximum absolute atomic E-state index is 6.05. The predicted octanol–water partition coefficient (Wildman–Crippen LogP) is 3.08. The predicted molar refractivity (Wildman–Crippen MR) is 96.8 cm³/mol. The lowest BCUT2D eigenvalue weighted by Crippen LogP contribution is -2.59. The van der Waals surface area contributed by atoms with Crippen molar-refractivity contribution in [1.29, 1.82) is 0 Å². The van der Waals surface area contributed by atoms with Gasteiger partial charge in [0.25, 0.3) is 0 Å². The molecule has 4 aliphatic heterocycles. The fraction of sp³-hybridized carbons (Fsp3) is 0.444. The number of fused-ring (bicyclic) bond motifs is 3. The number of hydrogen-bond donors (Lipinski definition) is 1. The van der Waals surface area contributed by atoms with Crippen LogP contribution in [0.25, 0.3) is 10.9 Å². The van der Waals surface area contributed by atoms with Crippen molar-refractivity contribution in [3.8, 4) is 0 Å². The topological polar surface area (TPSA) is 49.8 Å². The third-order valence-electron chi connectivity index (χ3n) is 5.51. The number of rotatable bonds is 1. The smallest absolute Gasteiger partial charge is 0.129 e. The van der Waals surface area contributed by atoms with Crippen LogP contribution in [0.15, 0.2) is 41.5 Å². The van der Waals surface area contributed by atoms with Crippen LogP contribution < -0.4 is 5.48 Å². The highest BCUT2D eigenvalue weighted by Gasteiger charge is 2.52. The molecule has 1 N–H and O–H groups in total. The Balaban J connectivity index is 0.00000146. The zero-order valence-corrected chi connectivity index (χ0v) is 14.3.